The summed E-state index contributed by atoms with van der Waals surface area (Å²) in [4.78, 5) is 21.7. The Hall–Kier alpha value is -4.12. The molecule has 1 unspecified atom stereocenters. The zero-order chi connectivity index (χ0) is 30.4. The number of hydrogen-bond donors (Lipinski definition) is 4. The molecule has 0 saturated carbocycles. The number of amides is 1. The van der Waals surface area contributed by atoms with E-state index in [2.05, 4.69) is 48.1 Å². The Balaban J connectivity index is 0.00000384. The van der Waals surface area contributed by atoms with Gasteiger partial charge in [-0.2, -0.15) is 10.1 Å². The fourth-order valence-corrected chi connectivity index (χ4v) is 5.65. The molecule has 6 rings (SSSR count). The minimum Gasteiger partial charge on any atom is -0.385 e. The molecule has 5 aromatic rings. The Kier molecular flexibility index (Phi) is 8.62. The van der Waals surface area contributed by atoms with Gasteiger partial charge in [-0.15, -0.1) is 12.4 Å². The van der Waals surface area contributed by atoms with Gasteiger partial charge in [-0.05, 0) is 74.2 Å². The summed E-state index contributed by atoms with van der Waals surface area (Å²) in [7, 11) is 0. The molecule has 1 saturated heterocycles. The molecular formula is C33H38ClN7O3. The van der Waals surface area contributed by atoms with Crippen molar-refractivity contribution in [1.29, 1.82) is 0 Å². The first-order valence-electron chi connectivity index (χ1n) is 14.7. The molecule has 4 heterocycles. The van der Waals surface area contributed by atoms with Crippen LogP contribution in [0.3, 0.4) is 0 Å². The van der Waals surface area contributed by atoms with Gasteiger partial charge in [0.15, 0.2) is 11.5 Å². The Morgan fingerprint density at radius 3 is 2.41 bits per heavy atom. The van der Waals surface area contributed by atoms with Gasteiger partial charge in [0.1, 0.15) is 0 Å². The summed E-state index contributed by atoms with van der Waals surface area (Å²) in [5.74, 6) is 0.0354. The molecule has 0 radical (unpaired) electrons. The van der Waals surface area contributed by atoms with E-state index in [1.165, 1.54) is 0 Å². The van der Waals surface area contributed by atoms with Crippen LogP contribution in [-0.2, 0) is 11.0 Å². The number of aliphatic hydroxyl groups is 1. The number of nitrogens with one attached hydrogen (secondary N) is 3. The maximum Gasteiger partial charge on any atom is 0.315 e. The highest BCUT2D eigenvalue weighted by molar-refractivity contribution is 5.93. The van der Waals surface area contributed by atoms with Gasteiger partial charge in [-0.1, -0.05) is 62.3 Å². The number of carbonyl (C=O) groups excluding carboxylic acids is 1. The number of pyridine rings is 1. The highest BCUT2D eigenvalue weighted by atomic mass is 35.5. The topological polar surface area (TPSA) is 142 Å². The van der Waals surface area contributed by atoms with Crippen LogP contribution in [0.4, 0.5) is 0 Å². The number of rotatable bonds is 6. The molecule has 44 heavy (non-hydrogen) atoms. The van der Waals surface area contributed by atoms with Gasteiger partial charge in [0, 0.05) is 28.1 Å². The third-order valence-corrected chi connectivity index (χ3v) is 8.26. The van der Waals surface area contributed by atoms with Crippen molar-refractivity contribution >= 4 is 29.3 Å². The first-order chi connectivity index (χ1) is 20.5. The van der Waals surface area contributed by atoms with E-state index >= 15 is 0 Å². The van der Waals surface area contributed by atoms with Gasteiger partial charge in [-0.25, -0.2) is 4.98 Å². The Bertz CT molecular complexity index is 1780. The molecule has 3 aromatic heterocycles. The third-order valence-electron chi connectivity index (χ3n) is 8.26. The third kappa shape index (κ3) is 6.10. The number of halogens is 1. The minimum atomic E-state index is -0.781. The predicted octanol–water partition coefficient (Wildman–Crippen LogP) is 5.76. The standard InChI is InChI=1S/C33H37N7O3.ClH/c1-19-16-22(8-11-25(19)20(2)36-29(41)30-37-31(40-43-30)32(3,4)5)27-26-17-23(18-35-28(26)39-38-27)21-6-9-24(10-7-21)33(42)12-14-34-15-13-33;/h6-11,16-18,20,34,42H,12-15H2,1-5H3,(H,36,41)(H,35,38,39);1H. The van der Waals surface area contributed by atoms with E-state index in [9.17, 15) is 9.90 Å². The first-order valence-corrected chi connectivity index (χ1v) is 14.7. The maximum absolute atomic E-state index is 12.8. The molecule has 1 fully saturated rings. The molecule has 1 atom stereocenters. The average Bonchev–Trinajstić information content (AvgIpc) is 3.66. The van der Waals surface area contributed by atoms with Gasteiger partial charge >= 0.3 is 11.8 Å². The van der Waals surface area contributed by atoms with E-state index < -0.39 is 11.5 Å². The second-order valence-electron chi connectivity index (χ2n) is 12.5. The van der Waals surface area contributed by atoms with Gasteiger partial charge in [0.05, 0.1) is 17.3 Å². The summed E-state index contributed by atoms with van der Waals surface area (Å²) < 4.78 is 5.20. The van der Waals surface area contributed by atoms with Crippen molar-refractivity contribution in [1.82, 2.24) is 36.0 Å². The van der Waals surface area contributed by atoms with Crippen molar-refractivity contribution in [2.75, 3.05) is 13.1 Å². The summed E-state index contributed by atoms with van der Waals surface area (Å²) in [6.45, 7) is 11.5. The number of fused-ring (bicyclic) bond motifs is 1. The minimum absolute atomic E-state index is 0. The second kappa shape index (κ2) is 12.1. The van der Waals surface area contributed by atoms with Gasteiger partial charge in [0.2, 0.25) is 0 Å². The number of hydrogen-bond acceptors (Lipinski definition) is 8. The number of nitrogens with zero attached hydrogens (tertiary/aromatic N) is 4. The molecule has 1 amide bonds. The molecule has 0 aliphatic carbocycles. The number of carbonyl (C=O) groups is 1. The molecule has 0 bridgehead atoms. The SMILES string of the molecule is Cc1cc(-c2[nH]nc3ncc(-c4ccc(C5(O)CCNCC5)cc4)cc23)ccc1C(C)NC(=O)c1nc(C(C)(C)C)no1.Cl. The molecule has 4 N–H and O–H groups in total. The summed E-state index contributed by atoms with van der Waals surface area (Å²) in [5.41, 5.74) is 6.32. The number of piperidine rings is 1. The summed E-state index contributed by atoms with van der Waals surface area (Å²) in [5, 5.41) is 29.8. The summed E-state index contributed by atoms with van der Waals surface area (Å²) >= 11 is 0. The van der Waals surface area contributed by atoms with E-state index in [1.54, 1.807) is 0 Å². The van der Waals surface area contributed by atoms with E-state index in [-0.39, 0.29) is 29.8 Å². The lowest BCUT2D eigenvalue weighted by Gasteiger charge is -2.33. The maximum atomic E-state index is 12.8. The number of H-pyrrole nitrogens is 1. The second-order valence-corrected chi connectivity index (χ2v) is 12.5. The van der Waals surface area contributed by atoms with E-state index in [0.717, 1.165) is 57.6 Å². The van der Waals surface area contributed by atoms with E-state index in [1.807, 2.05) is 77.2 Å². The zero-order valence-corrected chi connectivity index (χ0v) is 26.4. The largest absolute Gasteiger partial charge is 0.385 e. The molecular weight excluding hydrogens is 578 g/mol. The van der Waals surface area contributed by atoms with E-state index in [4.69, 9.17) is 4.52 Å². The fraction of sp³-hybridized carbons (Fsp3) is 0.364. The van der Waals surface area contributed by atoms with Crippen LogP contribution in [0, 0.1) is 6.92 Å². The van der Waals surface area contributed by atoms with Crippen LogP contribution in [-0.4, -0.2) is 49.4 Å². The van der Waals surface area contributed by atoms with Crippen LogP contribution >= 0.6 is 12.4 Å². The van der Waals surface area contributed by atoms with Crippen LogP contribution in [0.1, 0.15) is 79.8 Å². The van der Waals surface area contributed by atoms with Crippen molar-refractivity contribution in [3.05, 3.63) is 83.1 Å². The highest BCUT2D eigenvalue weighted by Crippen LogP contribution is 2.34. The normalized spacial score (nSPS) is 15.5. The van der Waals surface area contributed by atoms with Gasteiger partial charge < -0.3 is 20.3 Å². The van der Waals surface area contributed by atoms with Crippen LogP contribution in [0.5, 0.6) is 0 Å². The number of aromatic amines is 1. The quantitative estimate of drug-likeness (QED) is 0.189. The van der Waals surface area contributed by atoms with Crippen LogP contribution < -0.4 is 10.6 Å². The smallest absolute Gasteiger partial charge is 0.315 e. The highest BCUT2D eigenvalue weighted by Gasteiger charge is 2.31. The van der Waals surface area contributed by atoms with Crippen molar-refractivity contribution in [2.45, 2.75) is 64.5 Å². The summed E-state index contributed by atoms with van der Waals surface area (Å²) in [6, 6.07) is 16.1. The number of benzene rings is 2. The van der Waals surface area contributed by atoms with Crippen LogP contribution in [0.2, 0.25) is 0 Å². The Labute approximate surface area is 262 Å². The molecule has 1 aliphatic rings. The number of aryl methyl sites for hydroxylation is 1. The summed E-state index contributed by atoms with van der Waals surface area (Å²) in [6.07, 6.45) is 3.24. The van der Waals surface area contributed by atoms with Gasteiger partial charge in [0.25, 0.3) is 0 Å². The van der Waals surface area contributed by atoms with Crippen molar-refractivity contribution in [3.8, 4) is 22.4 Å². The lowest BCUT2D eigenvalue weighted by molar-refractivity contribution is 0.00595. The molecule has 2 aromatic carbocycles. The monoisotopic (exact) mass is 615 g/mol. The molecule has 230 valence electrons. The molecule has 10 nitrogen and oxygen atoms in total. The first kappa shape index (κ1) is 31.3. The van der Waals surface area contributed by atoms with E-state index in [0.29, 0.717) is 24.3 Å². The van der Waals surface area contributed by atoms with Crippen LogP contribution in [0.15, 0.2) is 59.3 Å². The molecule has 11 heteroatoms. The van der Waals surface area contributed by atoms with Crippen molar-refractivity contribution in [3.63, 3.8) is 0 Å². The molecule has 0 spiro atoms. The lowest BCUT2D eigenvalue weighted by Crippen LogP contribution is -2.39. The van der Waals surface area contributed by atoms with Crippen LogP contribution in [0.25, 0.3) is 33.4 Å². The Morgan fingerprint density at radius 1 is 1.05 bits per heavy atom. The fourth-order valence-electron chi connectivity index (χ4n) is 5.65. The van der Waals surface area contributed by atoms with Gasteiger partial charge in [-0.3, -0.25) is 9.89 Å². The zero-order valence-electron chi connectivity index (χ0n) is 25.6. The van der Waals surface area contributed by atoms with Crippen molar-refractivity contribution in [2.24, 2.45) is 0 Å². The number of aromatic nitrogens is 5. The van der Waals surface area contributed by atoms with Crippen molar-refractivity contribution < 1.29 is 14.4 Å². The Morgan fingerprint density at radius 2 is 1.75 bits per heavy atom. The average molecular weight is 616 g/mol. The lowest BCUT2D eigenvalue weighted by atomic mass is 9.84. The molecule has 1 aliphatic heterocycles. The predicted molar refractivity (Wildman–Crippen MR) is 172 cm³/mol.